The molecule has 23 heavy (non-hydrogen) atoms. The van der Waals surface area contributed by atoms with E-state index in [-0.39, 0.29) is 10.9 Å². The molecule has 1 aliphatic heterocycles. The van der Waals surface area contributed by atoms with Crippen molar-refractivity contribution >= 4 is 17.4 Å². The second-order valence-electron chi connectivity index (χ2n) is 5.49. The summed E-state index contributed by atoms with van der Waals surface area (Å²) in [5.41, 5.74) is -0.854. The molecule has 0 unspecified atom stereocenters. The van der Waals surface area contributed by atoms with Crippen molar-refractivity contribution in [1.82, 2.24) is 15.1 Å². The molecular weight excluding hydrogens is 333 g/mol. The number of piperidine rings is 1. The lowest BCUT2D eigenvalue weighted by molar-refractivity contribution is -0.137. The highest BCUT2D eigenvalue weighted by Crippen LogP contribution is 2.35. The predicted molar refractivity (Wildman–Crippen MR) is 77.5 cm³/mol. The van der Waals surface area contributed by atoms with Gasteiger partial charge in [0.1, 0.15) is 5.82 Å². The quantitative estimate of drug-likeness (QED) is 0.827. The van der Waals surface area contributed by atoms with Gasteiger partial charge in [0, 0.05) is 19.3 Å². The maximum absolute atomic E-state index is 12.7. The number of hydrogen-bond acceptors (Lipinski definition) is 5. The van der Waals surface area contributed by atoms with Gasteiger partial charge < -0.3 is 9.42 Å². The lowest BCUT2D eigenvalue weighted by Crippen LogP contribution is -2.35. The Morgan fingerprint density at radius 3 is 2.78 bits per heavy atom. The van der Waals surface area contributed by atoms with Crippen molar-refractivity contribution < 1.29 is 17.7 Å². The first-order valence-corrected chi connectivity index (χ1v) is 7.50. The van der Waals surface area contributed by atoms with Gasteiger partial charge in [0.05, 0.1) is 16.5 Å². The largest absolute Gasteiger partial charge is 0.417 e. The van der Waals surface area contributed by atoms with Crippen LogP contribution >= 0.6 is 11.6 Å². The van der Waals surface area contributed by atoms with E-state index >= 15 is 0 Å². The summed E-state index contributed by atoms with van der Waals surface area (Å²) in [6.07, 6.45) is -1.94. The van der Waals surface area contributed by atoms with E-state index in [4.69, 9.17) is 16.1 Å². The average molecular weight is 347 g/mol. The maximum Gasteiger partial charge on any atom is 0.417 e. The van der Waals surface area contributed by atoms with Crippen LogP contribution in [0.3, 0.4) is 0 Å². The third-order valence-corrected chi connectivity index (χ3v) is 4.04. The normalized spacial score (nSPS) is 19.2. The van der Waals surface area contributed by atoms with Gasteiger partial charge in [0.15, 0.2) is 5.82 Å². The van der Waals surface area contributed by atoms with Crippen molar-refractivity contribution in [2.45, 2.75) is 31.9 Å². The third kappa shape index (κ3) is 3.41. The molecular formula is C14H14ClF3N4O. The fourth-order valence-electron chi connectivity index (χ4n) is 2.67. The second-order valence-corrected chi connectivity index (χ2v) is 5.90. The molecule has 0 aromatic carbocycles. The Hall–Kier alpha value is -1.83. The Morgan fingerprint density at radius 1 is 1.39 bits per heavy atom. The minimum Gasteiger partial charge on any atom is -0.355 e. The van der Waals surface area contributed by atoms with Gasteiger partial charge in [-0.1, -0.05) is 16.8 Å². The molecule has 9 heteroatoms. The van der Waals surface area contributed by atoms with E-state index in [1.165, 1.54) is 0 Å². The van der Waals surface area contributed by atoms with Gasteiger partial charge in [-0.2, -0.15) is 18.2 Å². The van der Waals surface area contributed by atoms with Crippen LogP contribution in [0.4, 0.5) is 19.0 Å². The van der Waals surface area contributed by atoms with Crippen LogP contribution in [0.15, 0.2) is 16.8 Å². The average Bonchev–Trinajstić information content (AvgIpc) is 2.93. The fraction of sp³-hybridized carbons (Fsp3) is 0.500. The van der Waals surface area contributed by atoms with Crippen molar-refractivity contribution in [3.05, 3.63) is 34.6 Å². The van der Waals surface area contributed by atoms with Crippen molar-refractivity contribution in [2.75, 3.05) is 18.0 Å². The molecule has 124 valence electrons. The van der Waals surface area contributed by atoms with Crippen molar-refractivity contribution in [2.24, 2.45) is 0 Å². The number of rotatable bonds is 2. The molecule has 0 spiro atoms. The van der Waals surface area contributed by atoms with Crippen LogP contribution in [0.1, 0.15) is 36.0 Å². The van der Waals surface area contributed by atoms with Crippen LogP contribution in [0, 0.1) is 6.92 Å². The summed E-state index contributed by atoms with van der Waals surface area (Å²) < 4.78 is 43.3. The Bertz CT molecular complexity index is 704. The lowest BCUT2D eigenvalue weighted by Gasteiger charge is -2.32. The second kappa shape index (κ2) is 5.99. The van der Waals surface area contributed by atoms with E-state index in [1.807, 2.05) is 4.90 Å². The summed E-state index contributed by atoms with van der Waals surface area (Å²) in [6, 6.07) is 0.907. The molecule has 0 bridgehead atoms. The minimum absolute atomic E-state index is 0.0119. The molecule has 0 saturated carbocycles. The molecule has 0 aliphatic carbocycles. The monoisotopic (exact) mass is 346 g/mol. The van der Waals surface area contributed by atoms with Crippen molar-refractivity contribution in [3.8, 4) is 0 Å². The predicted octanol–water partition coefficient (Wildman–Crippen LogP) is 3.83. The molecule has 1 aliphatic rings. The molecule has 2 aromatic rings. The summed E-state index contributed by atoms with van der Waals surface area (Å²) in [5, 5.41) is 3.76. The van der Waals surface area contributed by atoms with Gasteiger partial charge in [-0.3, -0.25) is 0 Å². The zero-order chi connectivity index (χ0) is 16.6. The first-order chi connectivity index (χ1) is 10.8. The van der Waals surface area contributed by atoms with Crippen molar-refractivity contribution in [1.29, 1.82) is 0 Å². The standard InChI is InChI=1S/C14H14ClF3N4O/c1-8-20-13(23-21-8)9-3-2-4-22(7-9)12-11(15)5-10(6-19-12)14(16,17)18/h5-6,9H,2-4,7H2,1H3/t9-/m0/s1. The number of aryl methyl sites for hydroxylation is 1. The zero-order valence-corrected chi connectivity index (χ0v) is 13.0. The van der Waals surface area contributed by atoms with E-state index in [9.17, 15) is 13.2 Å². The number of nitrogens with zero attached hydrogens (tertiary/aromatic N) is 4. The van der Waals surface area contributed by atoms with Crippen LogP contribution in [0.2, 0.25) is 5.02 Å². The number of halogens is 4. The number of hydrogen-bond donors (Lipinski definition) is 0. The number of pyridine rings is 1. The summed E-state index contributed by atoms with van der Waals surface area (Å²) in [6.45, 7) is 2.93. The Labute approximate surface area is 135 Å². The van der Waals surface area contributed by atoms with Gasteiger partial charge in [-0.25, -0.2) is 4.98 Å². The van der Waals surface area contributed by atoms with Crippen molar-refractivity contribution in [3.63, 3.8) is 0 Å². The summed E-state index contributed by atoms with van der Waals surface area (Å²) in [7, 11) is 0. The molecule has 1 atom stereocenters. The Balaban J connectivity index is 1.81. The van der Waals surface area contributed by atoms with Crippen LogP contribution in [0.25, 0.3) is 0 Å². The van der Waals surface area contributed by atoms with Crippen LogP contribution in [-0.2, 0) is 6.18 Å². The summed E-state index contributed by atoms with van der Waals surface area (Å²) >= 11 is 6.01. The molecule has 0 N–H and O–H groups in total. The highest BCUT2D eigenvalue weighted by molar-refractivity contribution is 6.33. The first-order valence-electron chi connectivity index (χ1n) is 7.12. The fourth-order valence-corrected chi connectivity index (χ4v) is 2.95. The molecule has 1 fully saturated rings. The molecule has 3 rings (SSSR count). The summed E-state index contributed by atoms with van der Waals surface area (Å²) in [5.74, 6) is 1.46. The number of alkyl halides is 3. The number of anilines is 1. The van der Waals surface area contributed by atoms with E-state index < -0.39 is 11.7 Å². The molecule has 2 aromatic heterocycles. The maximum atomic E-state index is 12.7. The molecule has 3 heterocycles. The molecule has 5 nitrogen and oxygen atoms in total. The summed E-state index contributed by atoms with van der Waals surface area (Å²) in [4.78, 5) is 9.99. The SMILES string of the molecule is Cc1noc([C@H]2CCCN(c3ncc(C(F)(F)F)cc3Cl)C2)n1. The van der Waals surface area contributed by atoms with Crippen LogP contribution in [-0.4, -0.2) is 28.2 Å². The lowest BCUT2D eigenvalue weighted by atomic mass is 9.98. The zero-order valence-electron chi connectivity index (χ0n) is 12.3. The van der Waals surface area contributed by atoms with Gasteiger partial charge in [-0.05, 0) is 25.8 Å². The van der Waals surface area contributed by atoms with Gasteiger partial charge in [-0.15, -0.1) is 0 Å². The van der Waals surface area contributed by atoms with Gasteiger partial charge in [0.25, 0.3) is 0 Å². The van der Waals surface area contributed by atoms with Gasteiger partial charge >= 0.3 is 6.18 Å². The highest BCUT2D eigenvalue weighted by Gasteiger charge is 2.33. The van der Waals surface area contributed by atoms with Crippen LogP contribution < -0.4 is 4.90 Å². The molecule has 1 saturated heterocycles. The Kier molecular flexibility index (Phi) is 4.18. The van der Waals surface area contributed by atoms with Gasteiger partial charge in [0.2, 0.25) is 5.89 Å². The first kappa shape index (κ1) is 16.0. The van der Waals surface area contributed by atoms with E-state index in [2.05, 4.69) is 15.1 Å². The topological polar surface area (TPSA) is 55.1 Å². The molecule has 0 amide bonds. The highest BCUT2D eigenvalue weighted by atomic mass is 35.5. The molecule has 0 radical (unpaired) electrons. The minimum atomic E-state index is -4.46. The third-order valence-electron chi connectivity index (χ3n) is 3.76. The van der Waals surface area contributed by atoms with E-state index in [0.717, 1.165) is 25.1 Å². The van der Waals surface area contributed by atoms with E-state index in [1.54, 1.807) is 6.92 Å². The van der Waals surface area contributed by atoms with Crippen LogP contribution in [0.5, 0.6) is 0 Å². The number of aromatic nitrogens is 3. The smallest absolute Gasteiger partial charge is 0.355 e. The van der Waals surface area contributed by atoms with E-state index in [0.29, 0.717) is 30.6 Å². The Morgan fingerprint density at radius 2 is 2.17 bits per heavy atom.